The average Bonchev–Trinajstić information content (AvgIpc) is 2.76. The van der Waals surface area contributed by atoms with Gasteiger partial charge in [-0.25, -0.2) is 13.2 Å². The first-order valence-corrected chi connectivity index (χ1v) is 10.8. The Balaban J connectivity index is 6.43. The summed E-state index contributed by atoms with van der Waals surface area (Å²) in [7, 11) is -7.40. The molecule has 0 N–H and O–H groups in total. The third-order valence-corrected chi connectivity index (χ3v) is 6.61. The molecule has 0 aromatic rings. The second-order valence-corrected chi connectivity index (χ2v) is 9.45. The van der Waals surface area contributed by atoms with Crippen molar-refractivity contribution in [2.24, 2.45) is 0 Å². The minimum atomic E-state index is -8.88. The van der Waals surface area contributed by atoms with Gasteiger partial charge in [0.1, 0.15) is 0 Å². The number of alkyl halides is 17. The van der Waals surface area contributed by atoms with Crippen LogP contribution in [0.2, 0.25) is 0 Å². The summed E-state index contributed by atoms with van der Waals surface area (Å²) in [6.07, 6.45) is -8.44. The van der Waals surface area contributed by atoms with Gasteiger partial charge in [-0.05, 0) is 12.8 Å². The summed E-state index contributed by atoms with van der Waals surface area (Å²) in [5.41, 5.74) is 0. The van der Waals surface area contributed by atoms with Crippen molar-refractivity contribution in [2.45, 2.75) is 59.8 Å². The van der Waals surface area contributed by atoms with Crippen LogP contribution in [0, 0.1) is 0 Å². The second kappa shape index (κ2) is 10.7. The fraction of sp³-hybridized carbons (Fsp3) is 0.812. The van der Waals surface area contributed by atoms with Gasteiger partial charge in [0.25, 0.3) is 10.0 Å². The summed E-state index contributed by atoms with van der Waals surface area (Å²) >= 11 is 0. The van der Waals surface area contributed by atoms with Gasteiger partial charge in [0, 0.05) is 19.7 Å². The number of hydrogen-bond acceptors (Lipinski definition) is 4. The van der Waals surface area contributed by atoms with Crippen LogP contribution in [-0.4, -0.2) is 85.9 Å². The van der Waals surface area contributed by atoms with Gasteiger partial charge in [0.05, 0.1) is 6.61 Å². The third kappa shape index (κ3) is 5.60. The van der Waals surface area contributed by atoms with E-state index < -0.39 is 93.3 Å². The predicted molar refractivity (Wildman–Crippen MR) is 92.6 cm³/mol. The maximum atomic E-state index is 14.1. The van der Waals surface area contributed by atoms with Crippen molar-refractivity contribution in [1.29, 1.82) is 0 Å². The number of hydrogen-bond donors (Lipinski definition) is 0. The highest BCUT2D eigenvalue weighted by Gasteiger charge is 2.96. The lowest BCUT2D eigenvalue weighted by Gasteiger charge is -2.42. The number of carbonyl (C=O) groups is 1. The van der Waals surface area contributed by atoms with Gasteiger partial charge in [-0.15, -0.1) is 0 Å². The van der Waals surface area contributed by atoms with Crippen LogP contribution in [0.5, 0.6) is 0 Å². The number of ether oxygens (including phenoxy) is 1. The van der Waals surface area contributed by atoms with Gasteiger partial charge in [-0.1, -0.05) is 6.58 Å². The number of rotatable bonds is 14. The molecule has 0 atom stereocenters. The quantitative estimate of drug-likeness (QED) is 0.106. The molecule has 0 aliphatic carbocycles. The van der Waals surface area contributed by atoms with E-state index in [0.29, 0.717) is 6.08 Å². The van der Waals surface area contributed by atoms with E-state index in [1.54, 1.807) is 0 Å². The van der Waals surface area contributed by atoms with Crippen molar-refractivity contribution in [3.8, 4) is 0 Å². The van der Waals surface area contributed by atoms with E-state index in [0.717, 1.165) is 0 Å². The van der Waals surface area contributed by atoms with Crippen molar-refractivity contribution < 1.29 is 92.6 Å². The largest absolute Gasteiger partial charge is 0.463 e. The minimum Gasteiger partial charge on any atom is -0.463 e. The zero-order valence-electron chi connectivity index (χ0n) is 18.5. The van der Waals surface area contributed by atoms with Crippen molar-refractivity contribution in [1.82, 2.24) is 4.31 Å². The van der Waals surface area contributed by atoms with E-state index in [1.165, 1.54) is 0 Å². The van der Waals surface area contributed by atoms with Crippen LogP contribution in [0.1, 0.15) is 12.8 Å². The monoisotopic (exact) mass is 639 g/mol. The van der Waals surface area contributed by atoms with Gasteiger partial charge < -0.3 is 4.74 Å². The molecule has 0 aromatic carbocycles. The van der Waals surface area contributed by atoms with E-state index in [2.05, 4.69) is 11.3 Å². The van der Waals surface area contributed by atoms with E-state index in [-0.39, 0.29) is 7.05 Å². The van der Waals surface area contributed by atoms with Crippen LogP contribution in [0.4, 0.5) is 74.6 Å². The highest BCUT2D eigenvalue weighted by molar-refractivity contribution is 7.90. The molecule has 0 aliphatic rings. The summed E-state index contributed by atoms with van der Waals surface area (Å²) < 4.78 is 253. The van der Waals surface area contributed by atoms with Gasteiger partial charge in [-0.2, -0.15) is 78.9 Å². The summed E-state index contributed by atoms with van der Waals surface area (Å²) in [4.78, 5) is 10.8. The molecule has 0 aliphatic heterocycles. The van der Waals surface area contributed by atoms with E-state index in [4.69, 9.17) is 0 Å². The molecule has 0 saturated heterocycles. The first-order valence-electron chi connectivity index (χ1n) is 9.34. The van der Waals surface area contributed by atoms with Crippen molar-refractivity contribution in [3.05, 3.63) is 12.7 Å². The maximum absolute atomic E-state index is 14.1. The van der Waals surface area contributed by atoms with Crippen LogP contribution < -0.4 is 0 Å². The number of esters is 1. The summed E-state index contributed by atoms with van der Waals surface area (Å²) in [5, 5.41) is -7.60. The van der Waals surface area contributed by atoms with E-state index >= 15 is 0 Å². The summed E-state index contributed by atoms with van der Waals surface area (Å²) in [6.45, 7) is 0.988. The lowest BCUT2D eigenvalue weighted by Crippen LogP contribution is -2.75. The zero-order chi connectivity index (χ0) is 31.9. The molecule has 0 aromatic heterocycles. The topological polar surface area (TPSA) is 63.7 Å². The number of sulfonamides is 1. The molecule has 23 heteroatoms. The van der Waals surface area contributed by atoms with Crippen LogP contribution in [0.15, 0.2) is 12.7 Å². The van der Waals surface area contributed by atoms with Crippen LogP contribution in [0.25, 0.3) is 0 Å². The van der Waals surface area contributed by atoms with Gasteiger partial charge in [0.2, 0.25) is 0 Å². The second-order valence-electron chi connectivity index (χ2n) is 7.37. The Hall–Kier alpha value is -2.07. The Morgan fingerprint density at radius 2 is 1.05 bits per heavy atom. The highest BCUT2D eigenvalue weighted by atomic mass is 32.2. The summed E-state index contributed by atoms with van der Waals surface area (Å²) in [6, 6.07) is 0. The Morgan fingerprint density at radius 3 is 1.41 bits per heavy atom. The molecule has 0 unspecified atom stereocenters. The fourth-order valence-electron chi connectivity index (χ4n) is 2.30. The number of halogens is 17. The zero-order valence-corrected chi connectivity index (χ0v) is 19.3. The standard InChI is InChI=1S/C16H14F17NO4S/c1-3-8(35)38-7-5-4-6-34(2)39(36,37)16(32,33)14(27,28)12(23,24)10(19,20)9(17,18)11(21,22)13(25,26)15(29,30)31/h3H,1,4-7H2,2H3. The maximum Gasteiger partial charge on any atom is 0.460 e. The van der Waals surface area contributed by atoms with Crippen molar-refractivity contribution in [2.75, 3.05) is 20.2 Å². The van der Waals surface area contributed by atoms with Crippen LogP contribution in [0.3, 0.4) is 0 Å². The molecule has 0 radical (unpaired) electrons. The van der Waals surface area contributed by atoms with Gasteiger partial charge in [-0.3, -0.25) is 0 Å². The Labute approximate surface area is 206 Å². The van der Waals surface area contributed by atoms with Crippen molar-refractivity contribution >= 4 is 16.0 Å². The molecule has 0 rings (SSSR count). The Morgan fingerprint density at radius 1 is 0.692 bits per heavy atom. The van der Waals surface area contributed by atoms with Crippen LogP contribution in [-0.2, 0) is 19.6 Å². The highest BCUT2D eigenvalue weighted by Crippen LogP contribution is 2.64. The molecule has 0 amide bonds. The smallest absolute Gasteiger partial charge is 0.460 e. The first-order chi connectivity index (χ1) is 16.9. The third-order valence-electron chi connectivity index (χ3n) is 4.71. The Kier molecular flexibility index (Phi) is 10.2. The predicted octanol–water partition coefficient (Wildman–Crippen LogP) is 5.72. The minimum absolute atomic E-state index is 0.0714. The number of nitrogens with zero attached hydrogens (tertiary/aromatic N) is 1. The molecule has 39 heavy (non-hydrogen) atoms. The molecule has 0 bridgehead atoms. The SMILES string of the molecule is C=CC(=O)OCCCCN(C)S(=O)(=O)C(F)(F)C(F)(F)C(F)(F)C(F)(F)C(F)(F)C(F)(F)C(F)(F)C(F)(F)F. The molecular formula is C16H14F17NO4S. The first kappa shape index (κ1) is 36.9. The molecule has 0 fully saturated rings. The number of unbranched alkanes of at least 4 members (excludes halogenated alkanes) is 1. The molecule has 0 saturated carbocycles. The number of carbonyl (C=O) groups excluding carboxylic acids is 1. The fourth-order valence-corrected chi connectivity index (χ4v) is 3.51. The molecule has 232 valence electrons. The van der Waals surface area contributed by atoms with E-state index in [9.17, 15) is 87.8 Å². The van der Waals surface area contributed by atoms with Gasteiger partial charge >= 0.3 is 52.9 Å². The van der Waals surface area contributed by atoms with E-state index in [1.807, 2.05) is 0 Å². The lowest BCUT2D eigenvalue weighted by molar-refractivity contribution is -0.458. The molecule has 0 heterocycles. The van der Waals surface area contributed by atoms with Crippen molar-refractivity contribution in [3.63, 3.8) is 0 Å². The normalized spacial score (nSPS) is 15.5. The van der Waals surface area contributed by atoms with Gasteiger partial charge in [0.15, 0.2) is 0 Å². The molecular weight excluding hydrogens is 625 g/mol. The van der Waals surface area contributed by atoms with Crippen LogP contribution >= 0.6 is 0 Å². The average molecular weight is 639 g/mol. The lowest BCUT2D eigenvalue weighted by atomic mass is 9.91. The Bertz CT molecular complexity index is 1010. The molecule has 5 nitrogen and oxygen atoms in total. The summed E-state index contributed by atoms with van der Waals surface area (Å²) in [5.74, 6) is -52.9. The molecule has 0 spiro atoms.